The third kappa shape index (κ3) is 7.91. The number of H-pyrrole nitrogens is 1. The zero-order chi connectivity index (χ0) is 22.7. The summed E-state index contributed by atoms with van der Waals surface area (Å²) >= 11 is 0. The highest BCUT2D eigenvalue weighted by atomic mass is 15.0. The Morgan fingerprint density at radius 3 is 2.07 bits per heavy atom. The Balaban J connectivity index is 0.000000280. The molecule has 3 aromatic rings. The highest BCUT2D eigenvalue weighted by molar-refractivity contribution is 5.74. The molecule has 0 aliphatic rings. The summed E-state index contributed by atoms with van der Waals surface area (Å²) in [4.78, 5) is 12.1. The van der Waals surface area contributed by atoms with E-state index in [1.54, 1.807) is 0 Å². The molecule has 0 aliphatic carbocycles. The highest BCUT2D eigenvalue weighted by Gasteiger charge is 2.17. The first kappa shape index (κ1) is 25.8. The molecule has 0 spiro atoms. The molecule has 3 N–H and O–H groups in total. The van der Waals surface area contributed by atoms with Crippen LogP contribution in [0.25, 0.3) is 11.0 Å². The van der Waals surface area contributed by atoms with Crippen LogP contribution in [0, 0.1) is 17.8 Å². The lowest BCUT2D eigenvalue weighted by atomic mass is 9.84. The number of aromatic nitrogens is 3. The van der Waals surface area contributed by atoms with Gasteiger partial charge in [-0.2, -0.15) is 0 Å². The van der Waals surface area contributed by atoms with Gasteiger partial charge in [0.05, 0.1) is 17.1 Å². The summed E-state index contributed by atoms with van der Waals surface area (Å²) in [5.74, 6) is 3.45. The fourth-order valence-electron chi connectivity index (χ4n) is 3.26. The number of aromatic amines is 1. The summed E-state index contributed by atoms with van der Waals surface area (Å²) in [6.45, 7) is 17.4. The first-order chi connectivity index (χ1) is 14.3. The Hall–Kier alpha value is -2.20. The van der Waals surface area contributed by atoms with Crippen molar-refractivity contribution in [3.05, 3.63) is 60.2 Å². The predicted molar refractivity (Wildman–Crippen MR) is 130 cm³/mol. The molecule has 0 aliphatic heterocycles. The van der Waals surface area contributed by atoms with E-state index in [1.807, 2.05) is 50.4 Å². The molecule has 0 saturated heterocycles. The van der Waals surface area contributed by atoms with Crippen LogP contribution in [0.4, 0.5) is 0 Å². The number of pyridine rings is 1. The van der Waals surface area contributed by atoms with E-state index in [1.165, 1.54) is 5.69 Å². The summed E-state index contributed by atoms with van der Waals surface area (Å²) in [5.41, 5.74) is 9.33. The maximum absolute atomic E-state index is 6.07. The van der Waals surface area contributed by atoms with Gasteiger partial charge in [-0.15, -0.1) is 0 Å². The molecule has 0 amide bonds. The Kier molecular flexibility index (Phi) is 11.3. The van der Waals surface area contributed by atoms with E-state index < -0.39 is 0 Å². The van der Waals surface area contributed by atoms with E-state index in [0.717, 1.165) is 29.2 Å². The van der Waals surface area contributed by atoms with Crippen molar-refractivity contribution in [2.45, 2.75) is 73.8 Å². The van der Waals surface area contributed by atoms with Crippen LogP contribution in [0.15, 0.2) is 48.7 Å². The van der Waals surface area contributed by atoms with Crippen LogP contribution < -0.4 is 5.73 Å². The molecule has 166 valence electrons. The molecule has 3 rings (SSSR count). The molecule has 30 heavy (non-hydrogen) atoms. The minimum atomic E-state index is 0.0115. The molecule has 4 nitrogen and oxygen atoms in total. The van der Waals surface area contributed by atoms with Crippen LogP contribution in [0.1, 0.15) is 85.3 Å². The van der Waals surface area contributed by atoms with Gasteiger partial charge in [-0.1, -0.05) is 73.6 Å². The number of imidazole rings is 1. The van der Waals surface area contributed by atoms with Crippen LogP contribution in [0.2, 0.25) is 0 Å². The fraction of sp³-hybridized carbons (Fsp3) is 0.538. The van der Waals surface area contributed by atoms with Crippen molar-refractivity contribution in [1.82, 2.24) is 15.0 Å². The smallest absolute Gasteiger partial charge is 0.124 e. The molecule has 3 atom stereocenters. The van der Waals surface area contributed by atoms with Gasteiger partial charge in [0.2, 0.25) is 0 Å². The van der Waals surface area contributed by atoms with Gasteiger partial charge in [-0.25, -0.2) is 4.98 Å². The Labute approximate surface area is 183 Å². The van der Waals surface area contributed by atoms with Crippen molar-refractivity contribution in [3.63, 3.8) is 0 Å². The van der Waals surface area contributed by atoms with Crippen molar-refractivity contribution in [2.24, 2.45) is 23.5 Å². The minimum Gasteiger partial charge on any atom is -0.341 e. The molecule has 0 bridgehead atoms. The molecular weight excluding hydrogens is 368 g/mol. The Morgan fingerprint density at radius 2 is 1.53 bits per heavy atom. The maximum Gasteiger partial charge on any atom is 0.124 e. The molecule has 4 heteroatoms. The van der Waals surface area contributed by atoms with Crippen molar-refractivity contribution >= 4 is 11.0 Å². The van der Waals surface area contributed by atoms with Gasteiger partial charge >= 0.3 is 0 Å². The Bertz CT molecular complexity index is 790. The number of para-hydroxylation sites is 2. The molecular formula is C26H42N4. The molecule has 1 aromatic carbocycles. The van der Waals surface area contributed by atoms with Crippen molar-refractivity contribution in [2.75, 3.05) is 0 Å². The molecule has 0 fully saturated rings. The van der Waals surface area contributed by atoms with E-state index in [4.69, 9.17) is 5.73 Å². The number of nitrogens with one attached hydrogen (secondary N) is 1. The Morgan fingerprint density at radius 1 is 0.900 bits per heavy atom. The van der Waals surface area contributed by atoms with E-state index in [0.29, 0.717) is 17.8 Å². The van der Waals surface area contributed by atoms with Gasteiger partial charge in [0.25, 0.3) is 0 Å². The van der Waals surface area contributed by atoms with Crippen LogP contribution in [-0.2, 0) is 0 Å². The van der Waals surface area contributed by atoms with Gasteiger partial charge in [-0.05, 0) is 48.4 Å². The van der Waals surface area contributed by atoms with E-state index in [9.17, 15) is 0 Å². The van der Waals surface area contributed by atoms with E-state index in [2.05, 4.69) is 68.6 Å². The number of benzene rings is 1. The molecule has 2 aromatic heterocycles. The van der Waals surface area contributed by atoms with E-state index in [-0.39, 0.29) is 6.04 Å². The molecule has 2 unspecified atom stereocenters. The molecule has 0 radical (unpaired) electrons. The third-order valence-corrected chi connectivity index (χ3v) is 5.48. The third-order valence-electron chi connectivity index (χ3n) is 5.48. The SMILES string of the molecule is CC.CC(C)C(C)C(C)c1ccccn1.CC(C)C[C@@H](N)c1nc2ccccc2[nH]1. The number of hydrogen-bond donors (Lipinski definition) is 2. The van der Waals surface area contributed by atoms with Crippen LogP contribution in [0.5, 0.6) is 0 Å². The summed E-state index contributed by atoms with van der Waals surface area (Å²) in [6.07, 6.45) is 2.83. The summed E-state index contributed by atoms with van der Waals surface area (Å²) < 4.78 is 0. The summed E-state index contributed by atoms with van der Waals surface area (Å²) in [6, 6.07) is 14.2. The second kappa shape index (κ2) is 13.2. The minimum absolute atomic E-state index is 0.0115. The van der Waals surface area contributed by atoms with Crippen LogP contribution in [-0.4, -0.2) is 15.0 Å². The van der Waals surface area contributed by atoms with E-state index >= 15 is 0 Å². The second-order valence-corrected chi connectivity index (χ2v) is 8.52. The standard InChI is InChI=1S/C12H17N3.C12H19N.C2H6/c1-8(2)7-9(13)12-14-10-5-3-4-6-11(10)15-12;1-9(2)10(3)11(4)12-7-5-6-8-13-12;1-2/h3-6,8-9H,7,13H2,1-2H3,(H,14,15);5-11H,1-4H3;1-2H3/t9-;;/m1../s1. The van der Waals surface area contributed by atoms with Gasteiger partial charge in [0, 0.05) is 17.8 Å². The van der Waals surface area contributed by atoms with Crippen LogP contribution >= 0.6 is 0 Å². The average Bonchev–Trinajstić information content (AvgIpc) is 3.19. The van der Waals surface area contributed by atoms with Crippen molar-refractivity contribution in [1.29, 1.82) is 0 Å². The monoisotopic (exact) mass is 410 g/mol. The number of hydrogen-bond acceptors (Lipinski definition) is 3. The van der Waals surface area contributed by atoms with Gasteiger partial charge in [0.15, 0.2) is 0 Å². The van der Waals surface area contributed by atoms with Crippen molar-refractivity contribution in [3.8, 4) is 0 Å². The predicted octanol–water partition coefficient (Wildman–Crippen LogP) is 7.11. The number of nitrogens with two attached hydrogens (primary N) is 1. The fourth-order valence-corrected chi connectivity index (χ4v) is 3.26. The average molecular weight is 411 g/mol. The first-order valence-corrected chi connectivity index (χ1v) is 11.4. The highest BCUT2D eigenvalue weighted by Crippen LogP contribution is 2.27. The van der Waals surface area contributed by atoms with Gasteiger partial charge in [0.1, 0.15) is 5.82 Å². The summed E-state index contributed by atoms with van der Waals surface area (Å²) in [5, 5.41) is 0. The van der Waals surface area contributed by atoms with Crippen molar-refractivity contribution < 1.29 is 0 Å². The quantitative estimate of drug-likeness (QED) is 0.455. The van der Waals surface area contributed by atoms with Gasteiger partial charge < -0.3 is 10.7 Å². The number of nitrogens with zero attached hydrogens (tertiary/aromatic N) is 2. The number of rotatable bonds is 6. The first-order valence-electron chi connectivity index (χ1n) is 11.4. The zero-order valence-corrected chi connectivity index (χ0v) is 20.2. The maximum atomic E-state index is 6.07. The molecule has 0 saturated carbocycles. The van der Waals surface area contributed by atoms with Gasteiger partial charge in [-0.3, -0.25) is 4.98 Å². The second-order valence-electron chi connectivity index (χ2n) is 8.52. The van der Waals surface area contributed by atoms with Crippen LogP contribution in [0.3, 0.4) is 0 Å². The lowest BCUT2D eigenvalue weighted by Gasteiger charge is -2.22. The normalized spacial score (nSPS) is 13.8. The molecule has 2 heterocycles. The lowest BCUT2D eigenvalue weighted by Crippen LogP contribution is -2.14. The summed E-state index contributed by atoms with van der Waals surface area (Å²) in [7, 11) is 0. The number of fused-ring (bicyclic) bond motifs is 1. The zero-order valence-electron chi connectivity index (χ0n) is 20.2. The lowest BCUT2D eigenvalue weighted by molar-refractivity contribution is 0.358. The topological polar surface area (TPSA) is 67.6 Å². The largest absolute Gasteiger partial charge is 0.341 e.